The lowest BCUT2D eigenvalue weighted by Crippen LogP contribution is -2.27. The molecule has 0 radical (unpaired) electrons. The quantitative estimate of drug-likeness (QED) is 0.771. The third-order valence-corrected chi connectivity index (χ3v) is 4.05. The minimum absolute atomic E-state index is 0.0603. The van der Waals surface area contributed by atoms with Crippen LogP contribution >= 0.6 is 11.6 Å². The first-order valence-corrected chi connectivity index (χ1v) is 7.74. The van der Waals surface area contributed by atoms with E-state index in [1.807, 2.05) is 19.1 Å². The minimum atomic E-state index is -3.24. The Morgan fingerprint density at radius 3 is 2.88 bits per heavy atom. The van der Waals surface area contributed by atoms with Gasteiger partial charge in [0.2, 0.25) is 10.0 Å². The summed E-state index contributed by atoms with van der Waals surface area (Å²) >= 11 is 5.47. The van der Waals surface area contributed by atoms with E-state index in [-0.39, 0.29) is 12.3 Å². The number of nitrogens with one attached hydrogen (secondary N) is 1. The van der Waals surface area contributed by atoms with E-state index in [1.54, 1.807) is 6.20 Å². The Balaban J connectivity index is 2.61. The molecular formula is C11H17ClN2O2S. The van der Waals surface area contributed by atoms with Crippen molar-refractivity contribution in [3.05, 3.63) is 29.6 Å². The molecule has 1 aromatic heterocycles. The lowest BCUT2D eigenvalue weighted by atomic mass is 10.1. The Morgan fingerprint density at radius 2 is 2.24 bits per heavy atom. The number of sulfonamides is 1. The summed E-state index contributed by atoms with van der Waals surface area (Å²) in [6, 6.07) is 3.81. The molecule has 96 valence electrons. The van der Waals surface area contributed by atoms with Crippen molar-refractivity contribution in [2.24, 2.45) is 0 Å². The van der Waals surface area contributed by atoms with Gasteiger partial charge in [0.25, 0.3) is 0 Å². The number of hydrogen-bond acceptors (Lipinski definition) is 3. The van der Waals surface area contributed by atoms with Crippen molar-refractivity contribution in [2.75, 3.05) is 11.6 Å². The number of aryl methyl sites for hydroxylation is 1. The Hall–Kier alpha value is -0.650. The molecule has 6 heteroatoms. The van der Waals surface area contributed by atoms with Crippen LogP contribution in [0.3, 0.4) is 0 Å². The summed E-state index contributed by atoms with van der Waals surface area (Å²) in [7, 11) is -3.24. The monoisotopic (exact) mass is 276 g/mol. The zero-order valence-electron chi connectivity index (χ0n) is 9.82. The average Bonchev–Trinajstić information content (AvgIpc) is 2.34. The van der Waals surface area contributed by atoms with Crippen LogP contribution in [0.2, 0.25) is 0 Å². The Labute approximate surface area is 107 Å². The van der Waals surface area contributed by atoms with Crippen LogP contribution in [0.4, 0.5) is 0 Å². The Morgan fingerprint density at radius 1 is 1.47 bits per heavy atom. The van der Waals surface area contributed by atoms with Crippen molar-refractivity contribution < 1.29 is 8.42 Å². The largest absolute Gasteiger partial charge is 0.260 e. The zero-order chi connectivity index (χ0) is 12.7. The molecule has 0 atom stereocenters. The van der Waals surface area contributed by atoms with E-state index in [0.29, 0.717) is 12.3 Å². The van der Waals surface area contributed by atoms with Crippen LogP contribution in [0.15, 0.2) is 18.3 Å². The number of alkyl halides is 1. The molecular weight excluding hydrogens is 260 g/mol. The second-order valence-corrected chi connectivity index (χ2v) is 5.95. The van der Waals surface area contributed by atoms with Gasteiger partial charge in [-0.2, -0.15) is 0 Å². The first-order chi connectivity index (χ1) is 8.09. The van der Waals surface area contributed by atoms with Crippen LogP contribution in [0.25, 0.3) is 0 Å². The summed E-state index contributed by atoms with van der Waals surface area (Å²) in [6.07, 6.45) is 2.97. The van der Waals surface area contributed by atoms with Gasteiger partial charge in [0.05, 0.1) is 18.0 Å². The summed E-state index contributed by atoms with van der Waals surface area (Å²) in [6.45, 7) is 2.26. The lowest BCUT2D eigenvalue weighted by Gasteiger charge is -2.08. The summed E-state index contributed by atoms with van der Waals surface area (Å²) in [5.41, 5.74) is 1.84. The smallest absolute Gasteiger partial charge is 0.211 e. The molecule has 1 heterocycles. The molecule has 0 amide bonds. The topological polar surface area (TPSA) is 59.1 Å². The van der Waals surface area contributed by atoms with Crippen molar-refractivity contribution in [3.8, 4) is 0 Å². The maximum absolute atomic E-state index is 11.6. The van der Waals surface area contributed by atoms with Crippen LogP contribution in [-0.2, 0) is 23.0 Å². The Bertz CT molecular complexity index is 449. The maximum Gasteiger partial charge on any atom is 0.211 e. The van der Waals surface area contributed by atoms with E-state index in [1.165, 1.54) is 0 Å². The minimum Gasteiger partial charge on any atom is -0.260 e. The van der Waals surface area contributed by atoms with Gasteiger partial charge < -0.3 is 0 Å². The van der Waals surface area contributed by atoms with Crippen molar-refractivity contribution >= 4 is 21.6 Å². The van der Waals surface area contributed by atoms with Gasteiger partial charge in [-0.25, -0.2) is 13.1 Å². The molecule has 0 aromatic carbocycles. The molecule has 0 bridgehead atoms. The molecule has 0 aliphatic heterocycles. The number of hydrogen-bond donors (Lipinski definition) is 1. The fourth-order valence-electron chi connectivity index (χ4n) is 1.45. The maximum atomic E-state index is 11.6. The van der Waals surface area contributed by atoms with Crippen molar-refractivity contribution in [1.29, 1.82) is 0 Å². The SMILES string of the molecule is CCc1cccnc1CNS(=O)(=O)CCCCl. The fraction of sp³-hybridized carbons (Fsp3) is 0.545. The van der Waals surface area contributed by atoms with E-state index in [9.17, 15) is 8.42 Å². The summed E-state index contributed by atoms with van der Waals surface area (Å²) in [4.78, 5) is 4.18. The predicted molar refractivity (Wildman–Crippen MR) is 69.6 cm³/mol. The van der Waals surface area contributed by atoms with E-state index in [2.05, 4.69) is 9.71 Å². The van der Waals surface area contributed by atoms with Crippen molar-refractivity contribution in [2.45, 2.75) is 26.3 Å². The second kappa shape index (κ2) is 6.93. The Kier molecular flexibility index (Phi) is 5.88. The van der Waals surface area contributed by atoms with Gasteiger partial charge in [-0.3, -0.25) is 4.98 Å². The zero-order valence-corrected chi connectivity index (χ0v) is 11.4. The van der Waals surface area contributed by atoms with Gasteiger partial charge in [0.15, 0.2) is 0 Å². The lowest BCUT2D eigenvalue weighted by molar-refractivity contribution is 0.579. The highest BCUT2D eigenvalue weighted by Gasteiger charge is 2.10. The highest BCUT2D eigenvalue weighted by atomic mass is 35.5. The van der Waals surface area contributed by atoms with Crippen LogP contribution in [0.5, 0.6) is 0 Å². The molecule has 0 aliphatic rings. The molecule has 0 unspecified atom stereocenters. The summed E-state index contributed by atoms with van der Waals surface area (Å²) in [5.74, 6) is 0.412. The van der Waals surface area contributed by atoms with Gasteiger partial charge in [-0.15, -0.1) is 11.6 Å². The number of rotatable bonds is 7. The molecule has 0 aliphatic carbocycles. The van der Waals surface area contributed by atoms with E-state index >= 15 is 0 Å². The van der Waals surface area contributed by atoms with E-state index < -0.39 is 10.0 Å². The van der Waals surface area contributed by atoms with Crippen molar-refractivity contribution in [3.63, 3.8) is 0 Å². The standard InChI is InChI=1S/C11H17ClN2O2S/c1-2-10-5-3-7-13-11(10)9-14-17(15,16)8-4-6-12/h3,5,7,14H,2,4,6,8-9H2,1H3. The first-order valence-electron chi connectivity index (χ1n) is 5.55. The second-order valence-electron chi connectivity index (χ2n) is 3.65. The third-order valence-electron chi connectivity index (χ3n) is 2.37. The number of aromatic nitrogens is 1. The highest BCUT2D eigenvalue weighted by Crippen LogP contribution is 2.06. The molecule has 1 aromatic rings. The highest BCUT2D eigenvalue weighted by molar-refractivity contribution is 7.89. The van der Waals surface area contributed by atoms with Crippen LogP contribution in [0, 0.1) is 0 Å². The number of halogens is 1. The van der Waals surface area contributed by atoms with Gasteiger partial charge in [-0.05, 0) is 24.5 Å². The molecule has 17 heavy (non-hydrogen) atoms. The molecule has 0 spiro atoms. The van der Waals surface area contributed by atoms with Crippen molar-refractivity contribution in [1.82, 2.24) is 9.71 Å². The summed E-state index contributed by atoms with van der Waals surface area (Å²) < 4.78 is 25.7. The molecule has 0 fully saturated rings. The van der Waals surface area contributed by atoms with E-state index in [4.69, 9.17) is 11.6 Å². The van der Waals surface area contributed by atoms with Gasteiger partial charge in [0.1, 0.15) is 0 Å². The number of pyridine rings is 1. The normalized spacial score (nSPS) is 11.6. The van der Waals surface area contributed by atoms with Gasteiger partial charge in [0, 0.05) is 12.1 Å². The molecule has 1 N–H and O–H groups in total. The van der Waals surface area contributed by atoms with Gasteiger partial charge in [-0.1, -0.05) is 13.0 Å². The molecule has 0 saturated carbocycles. The van der Waals surface area contributed by atoms with Crippen LogP contribution in [0.1, 0.15) is 24.6 Å². The predicted octanol–water partition coefficient (Wildman–Crippen LogP) is 1.69. The number of nitrogens with zero attached hydrogens (tertiary/aromatic N) is 1. The molecule has 1 rings (SSSR count). The summed E-state index contributed by atoms with van der Waals surface area (Å²) in [5, 5.41) is 0. The fourth-order valence-corrected chi connectivity index (χ4v) is 2.76. The van der Waals surface area contributed by atoms with Gasteiger partial charge >= 0.3 is 0 Å². The third kappa shape index (κ3) is 5.02. The molecule has 4 nitrogen and oxygen atoms in total. The van der Waals surface area contributed by atoms with E-state index in [0.717, 1.165) is 17.7 Å². The average molecular weight is 277 g/mol. The molecule has 0 saturated heterocycles. The first kappa shape index (κ1) is 14.4. The van der Waals surface area contributed by atoms with Crippen LogP contribution < -0.4 is 4.72 Å². The van der Waals surface area contributed by atoms with Crippen LogP contribution in [-0.4, -0.2) is 25.0 Å².